The number of hydrogen-bond donors (Lipinski definition) is 2. The lowest BCUT2D eigenvalue weighted by Gasteiger charge is -2.35. The van der Waals surface area contributed by atoms with Gasteiger partial charge in [0, 0.05) is 32.2 Å². The number of hydrogen-bond acceptors (Lipinski definition) is 3. The Labute approximate surface area is 116 Å². The zero-order valence-corrected chi connectivity index (χ0v) is 12.1. The predicted octanol–water partition coefficient (Wildman–Crippen LogP) is 2.41. The first-order valence-corrected chi connectivity index (χ1v) is 6.68. The molecule has 0 spiro atoms. The van der Waals surface area contributed by atoms with Crippen molar-refractivity contribution in [2.24, 2.45) is 5.73 Å². The first-order chi connectivity index (χ1) is 9.06. The zero-order chi connectivity index (χ0) is 14.3. The van der Waals surface area contributed by atoms with Crippen molar-refractivity contribution >= 4 is 5.84 Å². The summed E-state index contributed by atoms with van der Waals surface area (Å²) in [5.41, 5.74) is 6.82. The molecule has 1 unspecified atom stereocenters. The van der Waals surface area contributed by atoms with E-state index in [1.54, 1.807) is 7.11 Å². The van der Waals surface area contributed by atoms with Crippen LogP contribution < -0.4 is 5.73 Å². The maximum atomic E-state index is 7.61. The van der Waals surface area contributed by atoms with Crippen LogP contribution in [0.15, 0.2) is 30.3 Å². The van der Waals surface area contributed by atoms with E-state index >= 15 is 0 Å². The fourth-order valence-corrected chi connectivity index (χ4v) is 2.28. The number of nitrogens with zero attached hydrogens (tertiary/aromatic N) is 1. The van der Waals surface area contributed by atoms with Gasteiger partial charge in [-0.15, -0.1) is 0 Å². The zero-order valence-electron chi connectivity index (χ0n) is 12.1. The van der Waals surface area contributed by atoms with E-state index in [1.165, 1.54) is 5.56 Å². The van der Waals surface area contributed by atoms with Gasteiger partial charge in [0.1, 0.15) is 0 Å². The molecule has 1 rings (SSSR count). The van der Waals surface area contributed by atoms with Crippen molar-refractivity contribution in [3.05, 3.63) is 35.9 Å². The van der Waals surface area contributed by atoms with Crippen LogP contribution >= 0.6 is 0 Å². The molecule has 0 aliphatic heterocycles. The number of amidine groups is 1. The van der Waals surface area contributed by atoms with Crippen molar-refractivity contribution in [3.63, 3.8) is 0 Å². The number of nitrogens with one attached hydrogen (secondary N) is 1. The van der Waals surface area contributed by atoms with Crippen LogP contribution in [-0.2, 0) is 4.74 Å². The molecular weight excluding hydrogens is 238 g/mol. The molecule has 0 saturated heterocycles. The molecule has 1 atom stereocenters. The molecule has 0 radical (unpaired) electrons. The lowest BCUT2D eigenvalue weighted by molar-refractivity contribution is 0.0973. The highest BCUT2D eigenvalue weighted by Gasteiger charge is 2.23. The van der Waals surface area contributed by atoms with Crippen LogP contribution in [0.5, 0.6) is 0 Å². The summed E-state index contributed by atoms with van der Waals surface area (Å²) < 4.78 is 5.19. The van der Waals surface area contributed by atoms with Gasteiger partial charge in [-0.2, -0.15) is 0 Å². The van der Waals surface area contributed by atoms with Crippen LogP contribution in [0.1, 0.15) is 31.9 Å². The van der Waals surface area contributed by atoms with Gasteiger partial charge in [-0.1, -0.05) is 30.3 Å². The van der Waals surface area contributed by atoms with E-state index < -0.39 is 0 Å². The highest BCUT2D eigenvalue weighted by Crippen LogP contribution is 2.25. The molecule has 3 N–H and O–H groups in total. The van der Waals surface area contributed by atoms with Crippen molar-refractivity contribution in [1.82, 2.24) is 4.90 Å². The SMILES string of the molecule is COCCN(C(C)C)C(CC(=N)N)c1ccccc1. The van der Waals surface area contributed by atoms with Crippen LogP contribution in [0.25, 0.3) is 0 Å². The molecule has 0 fully saturated rings. The van der Waals surface area contributed by atoms with E-state index in [0.29, 0.717) is 19.1 Å². The average Bonchev–Trinajstić information content (AvgIpc) is 2.38. The van der Waals surface area contributed by atoms with E-state index in [-0.39, 0.29) is 11.9 Å². The van der Waals surface area contributed by atoms with Gasteiger partial charge in [0.15, 0.2) is 0 Å². The fraction of sp³-hybridized carbons (Fsp3) is 0.533. The van der Waals surface area contributed by atoms with Crippen LogP contribution in [0.3, 0.4) is 0 Å². The minimum atomic E-state index is 0.133. The summed E-state index contributed by atoms with van der Waals surface area (Å²) in [5, 5.41) is 7.61. The van der Waals surface area contributed by atoms with Crippen LogP contribution in [-0.4, -0.2) is 37.0 Å². The van der Waals surface area contributed by atoms with E-state index in [4.69, 9.17) is 15.9 Å². The highest BCUT2D eigenvalue weighted by atomic mass is 16.5. The molecule has 19 heavy (non-hydrogen) atoms. The normalized spacial score (nSPS) is 12.9. The van der Waals surface area contributed by atoms with Gasteiger partial charge in [0.25, 0.3) is 0 Å². The Hall–Kier alpha value is -1.39. The molecule has 0 aromatic heterocycles. The third kappa shape index (κ3) is 5.01. The topological polar surface area (TPSA) is 62.3 Å². The summed E-state index contributed by atoms with van der Waals surface area (Å²) in [5.74, 6) is 0.219. The molecule has 0 heterocycles. The molecule has 0 aliphatic carbocycles. The van der Waals surface area contributed by atoms with Gasteiger partial charge < -0.3 is 10.5 Å². The highest BCUT2D eigenvalue weighted by molar-refractivity contribution is 5.77. The summed E-state index contributed by atoms with van der Waals surface area (Å²) in [4.78, 5) is 2.33. The predicted molar refractivity (Wildman–Crippen MR) is 79.4 cm³/mol. The summed E-state index contributed by atoms with van der Waals surface area (Å²) in [6, 6.07) is 10.7. The number of methoxy groups -OCH3 is 1. The van der Waals surface area contributed by atoms with Crippen LogP contribution in [0, 0.1) is 5.41 Å². The van der Waals surface area contributed by atoms with Crippen molar-refractivity contribution in [3.8, 4) is 0 Å². The molecule has 1 aromatic carbocycles. The Balaban J connectivity index is 2.95. The average molecular weight is 263 g/mol. The van der Waals surface area contributed by atoms with Crippen LogP contribution in [0.2, 0.25) is 0 Å². The summed E-state index contributed by atoms with van der Waals surface area (Å²) in [7, 11) is 1.71. The minimum absolute atomic E-state index is 0.133. The molecule has 0 saturated carbocycles. The summed E-state index contributed by atoms with van der Waals surface area (Å²) in [6.45, 7) is 5.83. The summed E-state index contributed by atoms with van der Waals surface area (Å²) in [6.07, 6.45) is 0.548. The lowest BCUT2D eigenvalue weighted by atomic mass is 10.00. The van der Waals surface area contributed by atoms with Gasteiger partial charge in [0.2, 0.25) is 0 Å². The molecule has 106 valence electrons. The van der Waals surface area contributed by atoms with Crippen LogP contribution in [0.4, 0.5) is 0 Å². The Morgan fingerprint density at radius 3 is 2.42 bits per heavy atom. The van der Waals surface area contributed by atoms with Crippen molar-refractivity contribution in [1.29, 1.82) is 5.41 Å². The monoisotopic (exact) mass is 263 g/mol. The van der Waals surface area contributed by atoms with Gasteiger partial charge in [-0.05, 0) is 19.4 Å². The molecule has 4 heteroatoms. The third-order valence-corrected chi connectivity index (χ3v) is 3.21. The van der Waals surface area contributed by atoms with Gasteiger partial charge in [-0.25, -0.2) is 0 Å². The van der Waals surface area contributed by atoms with E-state index in [1.807, 2.05) is 18.2 Å². The second-order valence-electron chi connectivity index (χ2n) is 4.98. The fourth-order valence-electron chi connectivity index (χ4n) is 2.28. The van der Waals surface area contributed by atoms with E-state index in [2.05, 4.69) is 30.9 Å². The second-order valence-corrected chi connectivity index (χ2v) is 4.98. The first-order valence-electron chi connectivity index (χ1n) is 6.68. The Morgan fingerprint density at radius 1 is 1.32 bits per heavy atom. The van der Waals surface area contributed by atoms with Crippen molar-refractivity contribution in [2.75, 3.05) is 20.3 Å². The third-order valence-electron chi connectivity index (χ3n) is 3.21. The maximum absolute atomic E-state index is 7.61. The standard InChI is InChI=1S/C15H25N3O/c1-12(2)18(9-10-19-3)14(11-15(16)17)13-7-5-4-6-8-13/h4-8,12,14H,9-11H2,1-3H3,(H3,16,17). The number of benzene rings is 1. The lowest BCUT2D eigenvalue weighted by Crippen LogP contribution is -2.39. The van der Waals surface area contributed by atoms with Gasteiger partial charge >= 0.3 is 0 Å². The molecule has 0 aliphatic rings. The van der Waals surface area contributed by atoms with Gasteiger partial charge in [0.05, 0.1) is 12.4 Å². The maximum Gasteiger partial charge on any atom is 0.0924 e. The molecule has 4 nitrogen and oxygen atoms in total. The van der Waals surface area contributed by atoms with Crippen molar-refractivity contribution in [2.45, 2.75) is 32.4 Å². The molecule has 0 amide bonds. The first kappa shape index (κ1) is 15.7. The van der Waals surface area contributed by atoms with E-state index in [9.17, 15) is 0 Å². The molecular formula is C15H25N3O. The second kappa shape index (κ2) is 7.92. The quantitative estimate of drug-likeness (QED) is 0.559. The van der Waals surface area contributed by atoms with Crippen molar-refractivity contribution < 1.29 is 4.74 Å². The number of nitrogens with two attached hydrogens (primary N) is 1. The van der Waals surface area contributed by atoms with Gasteiger partial charge in [-0.3, -0.25) is 10.3 Å². The Kier molecular flexibility index (Phi) is 6.53. The number of ether oxygens (including phenoxy) is 1. The Morgan fingerprint density at radius 2 is 1.95 bits per heavy atom. The molecule has 1 aromatic rings. The minimum Gasteiger partial charge on any atom is -0.388 e. The largest absolute Gasteiger partial charge is 0.388 e. The number of rotatable bonds is 8. The Bertz CT molecular complexity index is 378. The summed E-state index contributed by atoms with van der Waals surface area (Å²) >= 11 is 0. The van der Waals surface area contributed by atoms with E-state index in [0.717, 1.165) is 6.54 Å². The smallest absolute Gasteiger partial charge is 0.0924 e. The molecule has 0 bridgehead atoms.